The van der Waals surface area contributed by atoms with Gasteiger partial charge in [0.2, 0.25) is 0 Å². The van der Waals surface area contributed by atoms with Crippen molar-refractivity contribution in [1.29, 1.82) is 0 Å². The van der Waals surface area contributed by atoms with Crippen LogP contribution in [0, 0.1) is 0 Å². The molecule has 1 fully saturated rings. The van der Waals surface area contributed by atoms with Gasteiger partial charge in [0, 0.05) is 0 Å². The number of benzene rings is 1. The zero-order valence-electron chi connectivity index (χ0n) is 12.0. The van der Waals surface area contributed by atoms with E-state index in [0.717, 1.165) is 11.3 Å². The Balaban J connectivity index is 2.21. The second-order valence-corrected chi connectivity index (χ2v) is 5.56. The first kappa shape index (κ1) is 14.9. The molecule has 110 valence electrons. The van der Waals surface area contributed by atoms with Crippen LogP contribution in [0.2, 0.25) is 0 Å². The zero-order valence-corrected chi connectivity index (χ0v) is 12.0. The third-order valence-electron chi connectivity index (χ3n) is 4.11. The highest BCUT2D eigenvalue weighted by Crippen LogP contribution is 2.37. The summed E-state index contributed by atoms with van der Waals surface area (Å²) < 4.78 is 5.46. The molecule has 0 spiro atoms. The first-order valence-electron chi connectivity index (χ1n) is 7.27. The van der Waals surface area contributed by atoms with Crippen molar-refractivity contribution in [3.8, 4) is 5.75 Å². The SMILES string of the molecule is COc1ccc(C[C@H](N)C(=O)O)cc1C1CCCCC1. The second kappa shape index (κ2) is 6.75. The normalized spacial score (nSPS) is 17.7. The molecule has 0 amide bonds. The van der Waals surface area contributed by atoms with Gasteiger partial charge in [-0.05, 0) is 42.4 Å². The zero-order chi connectivity index (χ0) is 14.5. The van der Waals surface area contributed by atoms with Crippen molar-refractivity contribution in [2.75, 3.05) is 7.11 Å². The average Bonchev–Trinajstić information content (AvgIpc) is 2.48. The summed E-state index contributed by atoms with van der Waals surface area (Å²) >= 11 is 0. The molecule has 1 aliphatic carbocycles. The van der Waals surface area contributed by atoms with E-state index in [1.807, 2.05) is 12.1 Å². The fourth-order valence-corrected chi connectivity index (χ4v) is 2.98. The van der Waals surface area contributed by atoms with Gasteiger partial charge in [-0.2, -0.15) is 0 Å². The molecule has 3 N–H and O–H groups in total. The van der Waals surface area contributed by atoms with Crippen molar-refractivity contribution in [2.45, 2.75) is 50.5 Å². The van der Waals surface area contributed by atoms with Gasteiger partial charge in [-0.1, -0.05) is 31.4 Å². The van der Waals surface area contributed by atoms with E-state index in [-0.39, 0.29) is 0 Å². The minimum Gasteiger partial charge on any atom is -0.496 e. The number of rotatable bonds is 5. The Labute approximate surface area is 119 Å². The molecule has 0 aliphatic heterocycles. The Kier molecular flexibility index (Phi) is 5.01. The molecule has 20 heavy (non-hydrogen) atoms. The lowest BCUT2D eigenvalue weighted by Gasteiger charge is -2.24. The number of carboxylic acid groups (broad SMARTS) is 1. The van der Waals surface area contributed by atoms with Crippen LogP contribution < -0.4 is 10.5 Å². The van der Waals surface area contributed by atoms with Crippen LogP contribution in [-0.4, -0.2) is 24.2 Å². The first-order chi connectivity index (χ1) is 9.61. The van der Waals surface area contributed by atoms with Crippen LogP contribution in [0.4, 0.5) is 0 Å². The van der Waals surface area contributed by atoms with Crippen molar-refractivity contribution >= 4 is 5.97 Å². The minimum atomic E-state index is -0.958. The summed E-state index contributed by atoms with van der Waals surface area (Å²) in [7, 11) is 1.68. The van der Waals surface area contributed by atoms with Crippen LogP contribution in [-0.2, 0) is 11.2 Å². The molecule has 4 heteroatoms. The summed E-state index contributed by atoms with van der Waals surface area (Å²) in [5.74, 6) is 0.476. The molecule has 4 nitrogen and oxygen atoms in total. The van der Waals surface area contributed by atoms with Gasteiger partial charge in [-0.25, -0.2) is 0 Å². The largest absolute Gasteiger partial charge is 0.496 e. The molecule has 1 aromatic rings. The number of ether oxygens (including phenoxy) is 1. The number of carboxylic acids is 1. The molecule has 0 bridgehead atoms. The van der Waals surface area contributed by atoms with E-state index in [2.05, 4.69) is 6.07 Å². The molecule has 0 heterocycles. The van der Waals surface area contributed by atoms with Crippen molar-refractivity contribution in [3.05, 3.63) is 29.3 Å². The maximum atomic E-state index is 10.9. The standard InChI is InChI=1S/C16H23NO3/c1-20-15-8-7-11(10-14(17)16(18)19)9-13(15)12-5-3-2-4-6-12/h7-9,12,14H,2-6,10,17H2,1H3,(H,18,19)/t14-/m0/s1. The Bertz CT molecular complexity index is 467. The predicted molar refractivity (Wildman–Crippen MR) is 78.1 cm³/mol. The molecule has 1 atom stereocenters. The van der Waals surface area contributed by atoms with Gasteiger partial charge in [0.05, 0.1) is 7.11 Å². The lowest BCUT2D eigenvalue weighted by Crippen LogP contribution is -2.32. The van der Waals surface area contributed by atoms with Gasteiger partial charge in [-0.3, -0.25) is 4.79 Å². The van der Waals surface area contributed by atoms with E-state index in [4.69, 9.17) is 15.6 Å². The quantitative estimate of drug-likeness (QED) is 0.868. The van der Waals surface area contributed by atoms with Crippen molar-refractivity contribution in [3.63, 3.8) is 0 Å². The van der Waals surface area contributed by atoms with Crippen LogP contribution in [0.5, 0.6) is 5.75 Å². The minimum absolute atomic E-state index is 0.360. The molecule has 0 aromatic heterocycles. The summed E-state index contributed by atoms with van der Waals surface area (Å²) in [6.07, 6.45) is 6.55. The molecule has 1 aromatic carbocycles. The molecule has 2 rings (SSSR count). The number of nitrogens with two attached hydrogens (primary N) is 1. The number of methoxy groups -OCH3 is 1. The Morgan fingerprint density at radius 1 is 1.40 bits per heavy atom. The maximum Gasteiger partial charge on any atom is 0.320 e. The smallest absolute Gasteiger partial charge is 0.320 e. The molecule has 1 aliphatic rings. The second-order valence-electron chi connectivity index (χ2n) is 5.56. The first-order valence-corrected chi connectivity index (χ1v) is 7.27. The van der Waals surface area contributed by atoms with Crippen molar-refractivity contribution in [2.24, 2.45) is 5.73 Å². The van der Waals surface area contributed by atoms with Gasteiger partial charge < -0.3 is 15.6 Å². The fraction of sp³-hybridized carbons (Fsp3) is 0.562. The van der Waals surface area contributed by atoms with E-state index in [0.29, 0.717) is 12.3 Å². The van der Waals surface area contributed by atoms with E-state index < -0.39 is 12.0 Å². The number of hydrogen-bond donors (Lipinski definition) is 2. The molecule has 1 saturated carbocycles. The number of aliphatic carboxylic acids is 1. The Hall–Kier alpha value is -1.55. The van der Waals surface area contributed by atoms with Crippen molar-refractivity contribution in [1.82, 2.24) is 0 Å². The highest BCUT2D eigenvalue weighted by Gasteiger charge is 2.20. The van der Waals surface area contributed by atoms with Crippen LogP contribution >= 0.6 is 0 Å². The van der Waals surface area contributed by atoms with Crippen LogP contribution in [0.25, 0.3) is 0 Å². The van der Waals surface area contributed by atoms with Gasteiger partial charge in [-0.15, -0.1) is 0 Å². The highest BCUT2D eigenvalue weighted by atomic mass is 16.5. The molecular weight excluding hydrogens is 254 g/mol. The van der Waals surface area contributed by atoms with E-state index >= 15 is 0 Å². The van der Waals surface area contributed by atoms with Crippen LogP contribution in [0.1, 0.15) is 49.1 Å². The Morgan fingerprint density at radius 2 is 2.10 bits per heavy atom. The Morgan fingerprint density at radius 3 is 2.70 bits per heavy atom. The van der Waals surface area contributed by atoms with Crippen molar-refractivity contribution < 1.29 is 14.6 Å². The summed E-state index contributed by atoms with van der Waals surface area (Å²) in [4.78, 5) is 10.9. The summed E-state index contributed by atoms with van der Waals surface area (Å²) in [6, 6.07) is 5.09. The molecular formula is C16H23NO3. The predicted octanol–water partition coefficient (Wildman–Crippen LogP) is 2.70. The topological polar surface area (TPSA) is 72.5 Å². The summed E-state index contributed by atoms with van der Waals surface area (Å²) in [5.41, 5.74) is 7.80. The van der Waals surface area contributed by atoms with Gasteiger partial charge in [0.25, 0.3) is 0 Å². The summed E-state index contributed by atoms with van der Waals surface area (Å²) in [6.45, 7) is 0. The lowest BCUT2D eigenvalue weighted by molar-refractivity contribution is -0.138. The van der Waals surface area contributed by atoms with Gasteiger partial charge in [0.1, 0.15) is 11.8 Å². The third-order valence-corrected chi connectivity index (χ3v) is 4.11. The maximum absolute atomic E-state index is 10.9. The van der Waals surface area contributed by atoms with Crippen LogP contribution in [0.3, 0.4) is 0 Å². The molecule has 0 radical (unpaired) electrons. The van der Waals surface area contributed by atoms with E-state index in [1.165, 1.54) is 37.7 Å². The summed E-state index contributed by atoms with van der Waals surface area (Å²) in [5, 5.41) is 8.91. The average molecular weight is 277 g/mol. The van der Waals surface area contributed by atoms with Crippen LogP contribution in [0.15, 0.2) is 18.2 Å². The number of hydrogen-bond acceptors (Lipinski definition) is 3. The van der Waals surface area contributed by atoms with Gasteiger partial charge >= 0.3 is 5.97 Å². The third kappa shape index (κ3) is 3.51. The number of carbonyl (C=O) groups is 1. The fourth-order valence-electron chi connectivity index (χ4n) is 2.98. The monoisotopic (exact) mass is 277 g/mol. The lowest BCUT2D eigenvalue weighted by atomic mass is 9.83. The van der Waals surface area contributed by atoms with Gasteiger partial charge in [0.15, 0.2) is 0 Å². The molecule has 0 unspecified atom stereocenters. The molecule has 0 saturated heterocycles. The highest BCUT2D eigenvalue weighted by molar-refractivity contribution is 5.73. The van der Waals surface area contributed by atoms with E-state index in [9.17, 15) is 4.79 Å². The van der Waals surface area contributed by atoms with E-state index in [1.54, 1.807) is 7.11 Å².